The van der Waals surface area contributed by atoms with Crippen molar-refractivity contribution in [3.05, 3.63) is 71.3 Å². The molecule has 0 saturated carbocycles. The first-order chi connectivity index (χ1) is 8.27. The van der Waals surface area contributed by atoms with E-state index in [4.69, 9.17) is 0 Å². The third-order valence-corrected chi connectivity index (χ3v) is 2.61. The molecule has 84 valence electrons. The number of aliphatic hydroxyl groups excluding tert-OH is 1. The number of hydrogen-bond acceptors (Lipinski definition) is 1. The van der Waals surface area contributed by atoms with Crippen molar-refractivity contribution in [2.75, 3.05) is 0 Å². The molecule has 1 heteroatoms. The van der Waals surface area contributed by atoms with E-state index in [2.05, 4.69) is 11.8 Å². The van der Waals surface area contributed by atoms with Gasteiger partial charge in [0.05, 0.1) is 0 Å². The lowest BCUT2D eigenvalue weighted by molar-refractivity contribution is 0.237. The minimum absolute atomic E-state index is 0.726. The van der Waals surface area contributed by atoms with Gasteiger partial charge in [-0.2, -0.15) is 0 Å². The van der Waals surface area contributed by atoms with Crippen LogP contribution in [-0.4, -0.2) is 5.11 Å². The molecule has 0 fully saturated rings. The Morgan fingerprint density at radius 3 is 2.29 bits per heavy atom. The summed E-state index contributed by atoms with van der Waals surface area (Å²) in [4.78, 5) is 0. The lowest BCUT2D eigenvalue weighted by Crippen LogP contribution is -1.96. The zero-order chi connectivity index (χ0) is 12.1. The summed E-state index contributed by atoms with van der Waals surface area (Å²) in [6.07, 6.45) is -0.726. The third kappa shape index (κ3) is 2.96. The molecule has 17 heavy (non-hydrogen) atoms. The molecule has 2 aromatic carbocycles. The molecular formula is C16H14O. The summed E-state index contributed by atoms with van der Waals surface area (Å²) in [5.74, 6) is 5.83. The van der Waals surface area contributed by atoms with Gasteiger partial charge in [-0.1, -0.05) is 54.3 Å². The number of hydrogen-bond donors (Lipinski definition) is 1. The summed E-state index contributed by atoms with van der Waals surface area (Å²) in [5.41, 5.74) is 2.85. The van der Waals surface area contributed by atoms with Gasteiger partial charge >= 0.3 is 0 Å². The van der Waals surface area contributed by atoms with E-state index in [0.29, 0.717) is 0 Å². The van der Waals surface area contributed by atoms with Gasteiger partial charge < -0.3 is 5.11 Å². The lowest BCUT2D eigenvalue weighted by atomic mass is 10.0. The van der Waals surface area contributed by atoms with E-state index in [1.165, 1.54) is 0 Å². The average molecular weight is 222 g/mol. The van der Waals surface area contributed by atoms with E-state index in [1.807, 2.05) is 61.5 Å². The Hall–Kier alpha value is -2.04. The molecule has 2 aromatic rings. The minimum Gasteiger partial charge on any atom is -0.376 e. The van der Waals surface area contributed by atoms with Crippen molar-refractivity contribution in [2.45, 2.75) is 13.0 Å². The summed E-state index contributed by atoms with van der Waals surface area (Å²) in [5, 5.41) is 9.99. The van der Waals surface area contributed by atoms with Gasteiger partial charge in [0.15, 0.2) is 0 Å². The zero-order valence-corrected chi connectivity index (χ0v) is 9.72. The maximum absolute atomic E-state index is 9.99. The highest BCUT2D eigenvalue weighted by Gasteiger charge is 2.05. The van der Waals surface area contributed by atoms with Crippen LogP contribution < -0.4 is 0 Å². The Kier molecular flexibility index (Phi) is 3.59. The Bertz CT molecular complexity index is 546. The molecule has 0 amide bonds. The molecule has 0 heterocycles. The molecule has 0 radical (unpaired) electrons. The molecule has 0 aliphatic heterocycles. The highest BCUT2D eigenvalue weighted by molar-refractivity contribution is 5.38. The standard InChI is InChI=1S/C16H14O/c1-13-7-5-6-10-15(13)16(17)12-11-14-8-3-2-4-9-14/h2-10,16-17H,1H3/t16-/m0/s1. The fourth-order valence-electron chi connectivity index (χ4n) is 1.64. The second-order valence-corrected chi connectivity index (χ2v) is 3.89. The van der Waals surface area contributed by atoms with Crippen LogP contribution in [0.2, 0.25) is 0 Å². The summed E-state index contributed by atoms with van der Waals surface area (Å²) < 4.78 is 0. The first-order valence-electron chi connectivity index (χ1n) is 5.57. The molecular weight excluding hydrogens is 208 g/mol. The van der Waals surface area contributed by atoms with Crippen LogP contribution in [0.5, 0.6) is 0 Å². The smallest absolute Gasteiger partial charge is 0.140 e. The van der Waals surface area contributed by atoms with Crippen molar-refractivity contribution < 1.29 is 5.11 Å². The van der Waals surface area contributed by atoms with Crippen LogP contribution in [0.1, 0.15) is 22.8 Å². The summed E-state index contributed by atoms with van der Waals surface area (Å²) in [6.45, 7) is 1.97. The van der Waals surface area contributed by atoms with Gasteiger partial charge in [-0.25, -0.2) is 0 Å². The monoisotopic (exact) mass is 222 g/mol. The fourth-order valence-corrected chi connectivity index (χ4v) is 1.64. The molecule has 1 N–H and O–H groups in total. The van der Waals surface area contributed by atoms with E-state index in [0.717, 1.165) is 16.7 Å². The molecule has 1 atom stereocenters. The Labute approximate surface area is 102 Å². The Balaban J connectivity index is 2.21. The Morgan fingerprint density at radius 2 is 1.59 bits per heavy atom. The van der Waals surface area contributed by atoms with E-state index < -0.39 is 6.10 Å². The summed E-state index contributed by atoms with van der Waals surface area (Å²) >= 11 is 0. The number of rotatable bonds is 1. The van der Waals surface area contributed by atoms with Crippen molar-refractivity contribution in [1.82, 2.24) is 0 Å². The molecule has 0 saturated heterocycles. The van der Waals surface area contributed by atoms with Crippen LogP contribution >= 0.6 is 0 Å². The van der Waals surface area contributed by atoms with Crippen LogP contribution in [0.25, 0.3) is 0 Å². The summed E-state index contributed by atoms with van der Waals surface area (Å²) in [7, 11) is 0. The molecule has 0 aliphatic rings. The molecule has 0 aromatic heterocycles. The van der Waals surface area contributed by atoms with E-state index in [1.54, 1.807) is 0 Å². The molecule has 0 spiro atoms. The van der Waals surface area contributed by atoms with Gasteiger partial charge in [0.1, 0.15) is 6.10 Å². The van der Waals surface area contributed by atoms with E-state index in [9.17, 15) is 5.11 Å². The van der Waals surface area contributed by atoms with Gasteiger partial charge in [-0.15, -0.1) is 0 Å². The first kappa shape index (κ1) is 11.4. The van der Waals surface area contributed by atoms with E-state index >= 15 is 0 Å². The highest BCUT2D eigenvalue weighted by atomic mass is 16.3. The molecule has 2 rings (SSSR count). The number of aliphatic hydroxyl groups is 1. The maximum atomic E-state index is 9.99. The van der Waals surface area contributed by atoms with Gasteiger partial charge in [0, 0.05) is 5.56 Å². The maximum Gasteiger partial charge on any atom is 0.140 e. The summed E-state index contributed by atoms with van der Waals surface area (Å²) in [6, 6.07) is 17.4. The van der Waals surface area contributed by atoms with Crippen LogP contribution in [0, 0.1) is 18.8 Å². The van der Waals surface area contributed by atoms with Crippen molar-refractivity contribution in [3.63, 3.8) is 0 Å². The van der Waals surface area contributed by atoms with Crippen molar-refractivity contribution in [2.24, 2.45) is 0 Å². The van der Waals surface area contributed by atoms with Gasteiger partial charge in [0.2, 0.25) is 0 Å². The second kappa shape index (κ2) is 5.34. The first-order valence-corrected chi connectivity index (χ1v) is 5.57. The third-order valence-electron chi connectivity index (χ3n) is 2.61. The van der Waals surface area contributed by atoms with Crippen molar-refractivity contribution >= 4 is 0 Å². The molecule has 0 bridgehead atoms. The Morgan fingerprint density at radius 1 is 0.941 bits per heavy atom. The second-order valence-electron chi connectivity index (χ2n) is 3.89. The van der Waals surface area contributed by atoms with Gasteiger partial charge in [0.25, 0.3) is 0 Å². The quantitative estimate of drug-likeness (QED) is 0.735. The SMILES string of the molecule is Cc1ccccc1[C@@H](O)C#Cc1ccccc1. The predicted octanol–water partition coefficient (Wildman–Crippen LogP) is 3.08. The van der Waals surface area contributed by atoms with Crippen LogP contribution in [-0.2, 0) is 0 Å². The van der Waals surface area contributed by atoms with Crippen molar-refractivity contribution in [1.29, 1.82) is 0 Å². The highest BCUT2D eigenvalue weighted by Crippen LogP contribution is 2.16. The predicted molar refractivity (Wildman–Crippen MR) is 69.5 cm³/mol. The lowest BCUT2D eigenvalue weighted by Gasteiger charge is -2.06. The molecule has 0 aliphatic carbocycles. The average Bonchev–Trinajstić information content (AvgIpc) is 2.38. The fraction of sp³-hybridized carbons (Fsp3) is 0.125. The zero-order valence-electron chi connectivity index (χ0n) is 9.72. The van der Waals surface area contributed by atoms with E-state index in [-0.39, 0.29) is 0 Å². The minimum atomic E-state index is -0.726. The molecule has 1 nitrogen and oxygen atoms in total. The number of aryl methyl sites for hydroxylation is 1. The number of benzene rings is 2. The normalized spacial score (nSPS) is 11.4. The van der Waals surface area contributed by atoms with Gasteiger partial charge in [-0.05, 0) is 30.2 Å². The van der Waals surface area contributed by atoms with Crippen molar-refractivity contribution in [3.8, 4) is 11.8 Å². The van der Waals surface area contributed by atoms with Crippen LogP contribution in [0.3, 0.4) is 0 Å². The molecule has 0 unspecified atom stereocenters. The topological polar surface area (TPSA) is 20.2 Å². The van der Waals surface area contributed by atoms with Crippen LogP contribution in [0.4, 0.5) is 0 Å². The van der Waals surface area contributed by atoms with Gasteiger partial charge in [-0.3, -0.25) is 0 Å². The van der Waals surface area contributed by atoms with Crippen LogP contribution in [0.15, 0.2) is 54.6 Å². The largest absolute Gasteiger partial charge is 0.376 e.